The molecule has 0 heterocycles. The molecule has 1 atom stereocenters. The van der Waals surface area contributed by atoms with Crippen molar-refractivity contribution in [2.75, 3.05) is 0 Å². The monoisotopic (exact) mass is 341 g/mol. The molecule has 0 fully saturated rings. The van der Waals surface area contributed by atoms with Crippen molar-refractivity contribution in [1.29, 1.82) is 0 Å². The normalized spacial score (nSPS) is 15.2. The summed E-state index contributed by atoms with van der Waals surface area (Å²) in [6.07, 6.45) is 0.528. The number of aryl methyl sites for hydroxylation is 2. The second-order valence-corrected chi connectivity index (χ2v) is 7.56. The van der Waals surface area contributed by atoms with Crippen molar-refractivity contribution < 1.29 is 18.7 Å². The van der Waals surface area contributed by atoms with E-state index in [0.29, 0.717) is 6.42 Å². The van der Waals surface area contributed by atoms with Gasteiger partial charge in [0.25, 0.3) is 0 Å². The lowest BCUT2D eigenvalue weighted by Crippen LogP contribution is -2.68. The van der Waals surface area contributed by atoms with Crippen LogP contribution in [0.3, 0.4) is 0 Å². The van der Waals surface area contributed by atoms with E-state index in [-0.39, 0.29) is 13.0 Å². The zero-order valence-electron chi connectivity index (χ0n) is 15.5. The predicted molar refractivity (Wildman–Crippen MR) is 92.4 cm³/mol. The van der Waals surface area contributed by atoms with Crippen molar-refractivity contribution in [3.63, 3.8) is 0 Å². The van der Waals surface area contributed by atoms with Gasteiger partial charge in [-0.1, -0.05) is 52.3 Å². The van der Waals surface area contributed by atoms with Crippen LogP contribution >= 0.6 is 0 Å². The molecule has 24 heavy (non-hydrogen) atoms. The van der Waals surface area contributed by atoms with E-state index in [1.807, 2.05) is 32.0 Å². The Morgan fingerprint density at radius 3 is 2.17 bits per heavy atom. The maximum absolute atomic E-state index is 14.7. The smallest absolute Gasteiger partial charge is 0.376 e. The van der Waals surface area contributed by atoms with Crippen LogP contribution in [0.1, 0.15) is 57.2 Å². The maximum atomic E-state index is 14.7. The van der Waals surface area contributed by atoms with Gasteiger partial charge in [-0.2, -0.15) is 8.78 Å². The fraction of sp³-hybridized carbons (Fsp3) is 0.632. The average molecular weight is 341 g/mol. The molecule has 1 unspecified atom stereocenters. The molecule has 0 bridgehead atoms. The fourth-order valence-electron chi connectivity index (χ4n) is 3.19. The van der Waals surface area contributed by atoms with Gasteiger partial charge in [-0.15, -0.1) is 0 Å². The second kappa shape index (κ2) is 7.18. The first-order valence-corrected chi connectivity index (χ1v) is 8.31. The highest BCUT2D eigenvalue weighted by Gasteiger charge is 2.63. The summed E-state index contributed by atoms with van der Waals surface area (Å²) < 4.78 is 29.5. The van der Waals surface area contributed by atoms with Crippen molar-refractivity contribution in [2.45, 2.75) is 72.4 Å². The minimum atomic E-state index is -3.87. The molecule has 2 N–H and O–H groups in total. The third kappa shape index (κ3) is 3.77. The first kappa shape index (κ1) is 20.6. The largest absolute Gasteiger partial charge is 0.477 e. The number of halogens is 2. The number of rotatable bonds is 7. The van der Waals surface area contributed by atoms with E-state index in [0.717, 1.165) is 16.7 Å². The summed E-state index contributed by atoms with van der Waals surface area (Å²) in [6, 6.07) is 5.77. The van der Waals surface area contributed by atoms with Gasteiger partial charge in [0.1, 0.15) is 0 Å². The van der Waals surface area contributed by atoms with Crippen molar-refractivity contribution >= 4 is 5.97 Å². The topological polar surface area (TPSA) is 49.3 Å². The average Bonchev–Trinajstić information content (AvgIpc) is 2.45. The van der Waals surface area contributed by atoms with Gasteiger partial charge >= 0.3 is 11.9 Å². The molecule has 0 aliphatic heterocycles. The van der Waals surface area contributed by atoms with Crippen LogP contribution in [0.15, 0.2) is 18.2 Å². The van der Waals surface area contributed by atoms with Gasteiger partial charge in [0.2, 0.25) is 0 Å². The third-order valence-electron chi connectivity index (χ3n) is 4.88. The molecule has 0 spiro atoms. The van der Waals surface area contributed by atoms with E-state index < -0.39 is 22.8 Å². The molecule has 1 aromatic rings. The number of nitrogens with one attached hydrogen (secondary N) is 1. The minimum Gasteiger partial charge on any atom is -0.477 e. The first-order chi connectivity index (χ1) is 10.9. The third-order valence-corrected chi connectivity index (χ3v) is 4.88. The molecule has 3 nitrogen and oxygen atoms in total. The SMILES string of the molecule is CCCC(NCc1ccc(C)c(C)c1)(C(C)(C)C)C(F)(F)C(=O)O. The summed E-state index contributed by atoms with van der Waals surface area (Å²) in [6.45, 7) is 10.9. The van der Waals surface area contributed by atoms with Gasteiger partial charge in [0.15, 0.2) is 0 Å². The summed E-state index contributed by atoms with van der Waals surface area (Å²) in [5.41, 5.74) is 0.301. The fourth-order valence-corrected chi connectivity index (χ4v) is 3.19. The Morgan fingerprint density at radius 1 is 1.17 bits per heavy atom. The lowest BCUT2D eigenvalue weighted by atomic mass is 9.66. The standard InChI is InChI=1S/C19H29F2NO2/c1-7-10-18(17(4,5)6,19(20,21)16(23)24)22-12-15-9-8-13(2)14(3)11-15/h8-9,11,22H,7,10,12H2,1-6H3,(H,23,24). The van der Waals surface area contributed by atoms with E-state index in [9.17, 15) is 13.6 Å². The summed E-state index contributed by atoms with van der Waals surface area (Å²) in [4.78, 5) is 11.3. The number of hydrogen-bond acceptors (Lipinski definition) is 2. The van der Waals surface area contributed by atoms with Crippen LogP contribution < -0.4 is 5.32 Å². The summed E-state index contributed by atoms with van der Waals surface area (Å²) in [5.74, 6) is -5.96. The van der Waals surface area contributed by atoms with E-state index in [2.05, 4.69) is 5.32 Å². The predicted octanol–water partition coefficient (Wildman–Crippen LogP) is 4.70. The quantitative estimate of drug-likeness (QED) is 0.756. The molecule has 0 aliphatic rings. The lowest BCUT2D eigenvalue weighted by Gasteiger charge is -2.48. The summed E-state index contributed by atoms with van der Waals surface area (Å²) in [7, 11) is 0. The van der Waals surface area contributed by atoms with Gasteiger partial charge < -0.3 is 10.4 Å². The zero-order chi connectivity index (χ0) is 18.8. The van der Waals surface area contributed by atoms with Crippen LogP contribution in [-0.4, -0.2) is 22.5 Å². The van der Waals surface area contributed by atoms with Crippen LogP contribution in [0, 0.1) is 19.3 Å². The first-order valence-electron chi connectivity index (χ1n) is 8.31. The molecule has 0 saturated carbocycles. The molecule has 0 aromatic heterocycles. The Kier molecular flexibility index (Phi) is 6.15. The van der Waals surface area contributed by atoms with Crippen molar-refractivity contribution in [3.05, 3.63) is 34.9 Å². The molecule has 1 aromatic carbocycles. The van der Waals surface area contributed by atoms with Crippen molar-refractivity contribution in [3.8, 4) is 0 Å². The number of aliphatic carboxylic acids is 1. The van der Waals surface area contributed by atoms with E-state index in [1.165, 1.54) is 0 Å². The van der Waals surface area contributed by atoms with E-state index in [1.54, 1.807) is 27.7 Å². The Bertz CT molecular complexity index is 594. The molecule has 0 amide bonds. The van der Waals surface area contributed by atoms with Gasteiger partial charge in [-0.05, 0) is 42.4 Å². The zero-order valence-corrected chi connectivity index (χ0v) is 15.5. The number of carboxylic acids is 1. The number of hydrogen-bond donors (Lipinski definition) is 2. The Morgan fingerprint density at radius 2 is 1.75 bits per heavy atom. The Balaban J connectivity index is 3.27. The maximum Gasteiger partial charge on any atom is 0.376 e. The number of carbonyl (C=O) groups is 1. The number of benzene rings is 1. The van der Waals surface area contributed by atoms with Crippen LogP contribution in [-0.2, 0) is 11.3 Å². The molecule has 1 rings (SSSR count). The van der Waals surface area contributed by atoms with Gasteiger partial charge in [0.05, 0.1) is 5.54 Å². The molecule has 0 radical (unpaired) electrons. The highest BCUT2D eigenvalue weighted by molar-refractivity contribution is 5.77. The molecule has 0 aliphatic carbocycles. The molecule has 0 saturated heterocycles. The van der Waals surface area contributed by atoms with E-state index >= 15 is 0 Å². The van der Waals surface area contributed by atoms with Crippen LogP contribution in [0.2, 0.25) is 0 Å². The van der Waals surface area contributed by atoms with Crippen molar-refractivity contribution in [1.82, 2.24) is 5.32 Å². The van der Waals surface area contributed by atoms with Crippen LogP contribution in [0.5, 0.6) is 0 Å². The molecule has 136 valence electrons. The highest BCUT2D eigenvalue weighted by atomic mass is 19.3. The lowest BCUT2D eigenvalue weighted by molar-refractivity contribution is -0.192. The number of carboxylic acid groups (broad SMARTS) is 1. The van der Waals surface area contributed by atoms with Crippen LogP contribution in [0.25, 0.3) is 0 Å². The molecular formula is C19H29F2NO2. The van der Waals surface area contributed by atoms with Gasteiger partial charge in [0, 0.05) is 6.54 Å². The second-order valence-electron chi connectivity index (χ2n) is 7.56. The molecule has 5 heteroatoms. The number of alkyl halides is 2. The molecular weight excluding hydrogens is 312 g/mol. The van der Waals surface area contributed by atoms with E-state index in [4.69, 9.17) is 5.11 Å². The summed E-state index contributed by atoms with van der Waals surface area (Å²) in [5, 5.41) is 12.1. The van der Waals surface area contributed by atoms with Crippen molar-refractivity contribution in [2.24, 2.45) is 5.41 Å². The van der Waals surface area contributed by atoms with Gasteiger partial charge in [-0.3, -0.25) is 0 Å². The Labute approximate surface area is 143 Å². The highest BCUT2D eigenvalue weighted by Crippen LogP contribution is 2.46. The minimum absolute atomic E-state index is 0.0701. The van der Waals surface area contributed by atoms with Crippen LogP contribution in [0.4, 0.5) is 8.78 Å². The summed E-state index contributed by atoms with van der Waals surface area (Å²) >= 11 is 0. The Hall–Kier alpha value is -1.49. The van der Waals surface area contributed by atoms with Gasteiger partial charge in [-0.25, -0.2) is 4.79 Å².